The molecule has 3 unspecified atom stereocenters. The maximum absolute atomic E-state index is 12.3. The highest BCUT2D eigenvalue weighted by Crippen LogP contribution is 2.40. The van der Waals surface area contributed by atoms with Gasteiger partial charge in [-0.3, -0.25) is 9.78 Å². The van der Waals surface area contributed by atoms with Crippen molar-refractivity contribution >= 4 is 17.7 Å². The Kier molecular flexibility index (Phi) is 4.80. The number of hydrogen-bond donors (Lipinski definition) is 1. The Labute approximate surface area is 130 Å². The second kappa shape index (κ2) is 6.79. The molecule has 2 aliphatic heterocycles. The molecule has 1 aromatic heterocycles. The minimum atomic E-state index is -0.0521. The van der Waals surface area contributed by atoms with Crippen molar-refractivity contribution < 1.29 is 9.53 Å². The van der Waals surface area contributed by atoms with Crippen molar-refractivity contribution in [3.8, 4) is 0 Å². The van der Waals surface area contributed by atoms with Gasteiger partial charge in [-0.05, 0) is 49.5 Å². The van der Waals surface area contributed by atoms with E-state index >= 15 is 0 Å². The van der Waals surface area contributed by atoms with E-state index in [2.05, 4.69) is 10.3 Å². The molecule has 0 spiro atoms. The van der Waals surface area contributed by atoms with Gasteiger partial charge in [-0.25, -0.2) is 0 Å². The summed E-state index contributed by atoms with van der Waals surface area (Å²) in [5.41, 5.74) is 1.57. The fourth-order valence-electron chi connectivity index (χ4n) is 3.42. The van der Waals surface area contributed by atoms with Crippen LogP contribution in [0.3, 0.4) is 0 Å². The van der Waals surface area contributed by atoms with E-state index < -0.39 is 0 Å². The predicted molar refractivity (Wildman–Crippen MR) is 84.4 cm³/mol. The molecule has 4 nitrogen and oxygen atoms in total. The van der Waals surface area contributed by atoms with Crippen LogP contribution in [0.2, 0.25) is 0 Å². The van der Waals surface area contributed by atoms with E-state index in [0.29, 0.717) is 30.4 Å². The lowest BCUT2D eigenvalue weighted by Gasteiger charge is -2.18. The number of thioether (sulfide) groups is 1. The third-order valence-corrected chi connectivity index (χ3v) is 5.04. The first-order valence-corrected chi connectivity index (χ1v) is 9.04. The number of aromatic nitrogens is 1. The van der Waals surface area contributed by atoms with E-state index in [1.54, 1.807) is 18.0 Å². The van der Waals surface area contributed by atoms with Gasteiger partial charge in [0.2, 0.25) is 0 Å². The van der Waals surface area contributed by atoms with Crippen molar-refractivity contribution in [2.24, 2.45) is 5.92 Å². The monoisotopic (exact) mass is 306 g/mol. The Morgan fingerprint density at radius 3 is 3.14 bits per heavy atom. The Hall–Kier alpha value is -1.07. The summed E-state index contributed by atoms with van der Waals surface area (Å²) in [6.07, 6.45) is 9.24. The van der Waals surface area contributed by atoms with Crippen LogP contribution < -0.4 is 5.32 Å². The minimum Gasteiger partial charge on any atom is -0.375 e. The molecule has 2 bridgehead atoms. The maximum Gasteiger partial charge on any atom is 0.270 e. The van der Waals surface area contributed by atoms with E-state index in [1.165, 1.54) is 19.3 Å². The van der Waals surface area contributed by atoms with Crippen LogP contribution in [0, 0.1) is 5.92 Å². The Bertz CT molecular complexity index is 509. The molecular weight excluding hydrogens is 284 g/mol. The molecule has 0 aromatic carbocycles. The zero-order chi connectivity index (χ0) is 14.7. The van der Waals surface area contributed by atoms with Crippen molar-refractivity contribution in [3.63, 3.8) is 0 Å². The first kappa shape index (κ1) is 14.9. The number of nitrogens with zero attached hydrogens (tertiary/aromatic N) is 1. The van der Waals surface area contributed by atoms with Gasteiger partial charge in [-0.2, -0.15) is 11.8 Å². The molecule has 0 radical (unpaired) electrons. The summed E-state index contributed by atoms with van der Waals surface area (Å²) >= 11 is 1.70. The molecule has 1 amide bonds. The molecule has 21 heavy (non-hydrogen) atoms. The van der Waals surface area contributed by atoms with Gasteiger partial charge >= 0.3 is 0 Å². The fourth-order valence-corrected chi connectivity index (χ4v) is 3.96. The highest BCUT2D eigenvalue weighted by Gasteiger charge is 2.40. The maximum atomic E-state index is 12.3. The first-order chi connectivity index (χ1) is 10.3. The lowest BCUT2D eigenvalue weighted by atomic mass is 9.87. The van der Waals surface area contributed by atoms with E-state index in [-0.39, 0.29) is 5.91 Å². The zero-order valence-corrected chi connectivity index (χ0v) is 13.2. The molecular formula is C16H22N2O2S. The lowest BCUT2D eigenvalue weighted by Crippen LogP contribution is -2.29. The number of fused-ring (bicyclic) bond motifs is 2. The normalized spacial score (nSPS) is 27.0. The number of amides is 1. The number of nitrogens with one attached hydrogen (secondary N) is 1. The average Bonchev–Trinajstić information content (AvgIpc) is 3.11. The predicted octanol–water partition coefficient (Wildman–Crippen LogP) is 2.63. The van der Waals surface area contributed by atoms with E-state index in [0.717, 1.165) is 17.7 Å². The summed E-state index contributed by atoms with van der Waals surface area (Å²) in [5, 5.41) is 3.02. The van der Waals surface area contributed by atoms with Crippen molar-refractivity contribution in [2.45, 2.75) is 43.6 Å². The van der Waals surface area contributed by atoms with Gasteiger partial charge in [0, 0.05) is 18.5 Å². The van der Waals surface area contributed by atoms with Crippen LogP contribution in [-0.2, 0) is 10.5 Å². The topological polar surface area (TPSA) is 51.2 Å². The number of carbonyl (C=O) groups is 1. The second-order valence-electron chi connectivity index (χ2n) is 5.86. The third kappa shape index (κ3) is 3.40. The number of carbonyl (C=O) groups excluding carboxylic acids is 1. The van der Waals surface area contributed by atoms with E-state index in [9.17, 15) is 4.79 Å². The number of ether oxygens (including phenoxy) is 1. The summed E-state index contributed by atoms with van der Waals surface area (Å²) in [5.74, 6) is 1.39. The molecule has 2 fully saturated rings. The van der Waals surface area contributed by atoms with Crippen molar-refractivity contribution in [1.29, 1.82) is 0 Å². The molecule has 2 saturated heterocycles. The first-order valence-electron chi connectivity index (χ1n) is 7.64. The van der Waals surface area contributed by atoms with Crippen molar-refractivity contribution in [3.05, 3.63) is 29.6 Å². The molecule has 0 aliphatic carbocycles. The van der Waals surface area contributed by atoms with E-state index in [1.807, 2.05) is 18.4 Å². The summed E-state index contributed by atoms with van der Waals surface area (Å²) < 4.78 is 5.85. The number of hydrogen-bond acceptors (Lipinski definition) is 4. The molecule has 3 heterocycles. The summed E-state index contributed by atoms with van der Waals surface area (Å²) in [7, 11) is 0. The molecule has 3 rings (SSSR count). The minimum absolute atomic E-state index is 0.0521. The van der Waals surface area contributed by atoms with Gasteiger partial charge < -0.3 is 10.1 Å². The molecule has 0 saturated carbocycles. The second-order valence-corrected chi connectivity index (χ2v) is 6.72. The molecule has 114 valence electrons. The quantitative estimate of drug-likeness (QED) is 0.878. The Morgan fingerprint density at radius 2 is 2.43 bits per heavy atom. The average molecular weight is 306 g/mol. The van der Waals surface area contributed by atoms with Crippen LogP contribution in [0.4, 0.5) is 0 Å². The van der Waals surface area contributed by atoms with Gasteiger partial charge in [0.25, 0.3) is 5.91 Å². The highest BCUT2D eigenvalue weighted by atomic mass is 32.2. The van der Waals surface area contributed by atoms with Crippen LogP contribution in [0.1, 0.15) is 41.7 Å². The Balaban J connectivity index is 1.50. The SMILES string of the molecule is CSCc1cccnc1C(=O)NCCC1CC2CCC1O2. The smallest absolute Gasteiger partial charge is 0.270 e. The van der Waals surface area contributed by atoms with Crippen LogP contribution in [0.25, 0.3) is 0 Å². The lowest BCUT2D eigenvalue weighted by molar-refractivity contribution is 0.0886. The molecule has 5 heteroatoms. The largest absolute Gasteiger partial charge is 0.375 e. The van der Waals surface area contributed by atoms with Crippen LogP contribution in [-0.4, -0.2) is 35.9 Å². The Morgan fingerprint density at radius 1 is 1.52 bits per heavy atom. The zero-order valence-electron chi connectivity index (χ0n) is 12.4. The van der Waals surface area contributed by atoms with Gasteiger partial charge in [0.15, 0.2) is 0 Å². The molecule has 3 atom stereocenters. The number of pyridine rings is 1. The summed E-state index contributed by atoms with van der Waals surface area (Å²) in [6.45, 7) is 0.714. The third-order valence-electron chi connectivity index (χ3n) is 4.44. The van der Waals surface area contributed by atoms with Crippen molar-refractivity contribution in [1.82, 2.24) is 10.3 Å². The van der Waals surface area contributed by atoms with Gasteiger partial charge in [0.05, 0.1) is 12.2 Å². The van der Waals surface area contributed by atoms with Gasteiger partial charge in [-0.15, -0.1) is 0 Å². The van der Waals surface area contributed by atoms with Crippen LogP contribution in [0.15, 0.2) is 18.3 Å². The summed E-state index contributed by atoms with van der Waals surface area (Å²) in [6, 6.07) is 3.86. The molecule has 1 aromatic rings. The standard InChI is InChI=1S/C16H22N2O2S/c1-21-10-12-3-2-7-17-15(12)16(19)18-8-6-11-9-13-4-5-14(11)20-13/h2-3,7,11,13-14H,4-6,8-10H2,1H3,(H,18,19). The van der Waals surface area contributed by atoms with Gasteiger partial charge in [0.1, 0.15) is 5.69 Å². The molecule has 1 N–H and O–H groups in total. The van der Waals surface area contributed by atoms with Gasteiger partial charge in [-0.1, -0.05) is 6.07 Å². The molecule has 2 aliphatic rings. The van der Waals surface area contributed by atoms with Crippen molar-refractivity contribution in [2.75, 3.05) is 12.8 Å². The number of rotatable bonds is 6. The highest BCUT2D eigenvalue weighted by molar-refractivity contribution is 7.97. The fraction of sp³-hybridized carbons (Fsp3) is 0.625. The van der Waals surface area contributed by atoms with Crippen LogP contribution >= 0.6 is 11.8 Å². The van der Waals surface area contributed by atoms with Crippen LogP contribution in [0.5, 0.6) is 0 Å². The van der Waals surface area contributed by atoms with E-state index in [4.69, 9.17) is 4.74 Å². The summed E-state index contributed by atoms with van der Waals surface area (Å²) in [4.78, 5) is 16.5.